The van der Waals surface area contributed by atoms with Crippen molar-refractivity contribution in [2.75, 3.05) is 6.61 Å². The number of aliphatic hydroxyl groups excluding tert-OH is 4. The lowest BCUT2D eigenvalue weighted by molar-refractivity contribution is -0.252. The molecule has 1 aromatic heterocycles. The van der Waals surface area contributed by atoms with Gasteiger partial charge in [0.05, 0.1) is 6.61 Å². The summed E-state index contributed by atoms with van der Waals surface area (Å²) in [4.78, 5) is 11.9. The van der Waals surface area contributed by atoms with Crippen LogP contribution in [0.2, 0.25) is 0 Å². The molecule has 0 saturated carbocycles. The Labute approximate surface area is 114 Å². The van der Waals surface area contributed by atoms with Gasteiger partial charge in [-0.1, -0.05) is 0 Å². The summed E-state index contributed by atoms with van der Waals surface area (Å²) in [7, 11) is 0. The molecule has 112 valence electrons. The Morgan fingerprint density at radius 2 is 2.00 bits per heavy atom. The molecule has 8 nitrogen and oxygen atoms in total. The van der Waals surface area contributed by atoms with Gasteiger partial charge in [0.1, 0.15) is 30.1 Å². The van der Waals surface area contributed by atoms with E-state index in [2.05, 4.69) is 5.32 Å². The summed E-state index contributed by atoms with van der Waals surface area (Å²) >= 11 is 0. The summed E-state index contributed by atoms with van der Waals surface area (Å²) in [6, 6.07) is 1.81. The summed E-state index contributed by atoms with van der Waals surface area (Å²) in [5, 5.41) is 40.5. The van der Waals surface area contributed by atoms with Crippen molar-refractivity contribution in [2.45, 2.75) is 37.6 Å². The van der Waals surface area contributed by atoms with E-state index >= 15 is 0 Å². The van der Waals surface area contributed by atoms with Gasteiger partial charge >= 0.3 is 0 Å². The third-order valence-corrected chi connectivity index (χ3v) is 3.16. The first-order valence-electron chi connectivity index (χ1n) is 6.12. The number of carbonyl (C=O) groups is 1. The highest BCUT2D eigenvalue weighted by Crippen LogP contribution is 2.20. The minimum atomic E-state index is -1.55. The second-order valence-electron chi connectivity index (χ2n) is 4.64. The average molecular weight is 287 g/mol. The molecule has 8 heteroatoms. The van der Waals surface area contributed by atoms with Crippen LogP contribution in [0.1, 0.15) is 16.3 Å². The first kappa shape index (κ1) is 14.9. The van der Waals surface area contributed by atoms with Crippen LogP contribution in [0.25, 0.3) is 0 Å². The van der Waals surface area contributed by atoms with Crippen molar-refractivity contribution in [3.8, 4) is 0 Å². The molecule has 2 heterocycles. The van der Waals surface area contributed by atoms with Crippen molar-refractivity contribution in [1.29, 1.82) is 0 Å². The minimum absolute atomic E-state index is 0.0145. The van der Waals surface area contributed by atoms with Gasteiger partial charge in [-0.2, -0.15) is 0 Å². The van der Waals surface area contributed by atoms with Gasteiger partial charge in [0.15, 0.2) is 12.1 Å². The molecule has 5 atom stereocenters. The molecule has 1 unspecified atom stereocenters. The predicted molar refractivity (Wildman–Crippen MR) is 64.7 cm³/mol. The van der Waals surface area contributed by atoms with Crippen LogP contribution < -0.4 is 5.32 Å². The highest BCUT2D eigenvalue weighted by Gasteiger charge is 2.44. The van der Waals surface area contributed by atoms with Crippen molar-refractivity contribution in [2.24, 2.45) is 0 Å². The third kappa shape index (κ3) is 2.84. The van der Waals surface area contributed by atoms with Crippen LogP contribution in [0, 0.1) is 6.92 Å². The molecule has 1 fully saturated rings. The van der Waals surface area contributed by atoms with Crippen molar-refractivity contribution in [3.63, 3.8) is 0 Å². The monoisotopic (exact) mass is 287 g/mol. The van der Waals surface area contributed by atoms with Crippen LogP contribution in [-0.4, -0.2) is 63.6 Å². The van der Waals surface area contributed by atoms with E-state index in [0.717, 1.165) is 0 Å². The maximum atomic E-state index is 11.9. The number of ether oxygens (including phenoxy) is 1. The molecule has 0 spiro atoms. The van der Waals surface area contributed by atoms with Crippen LogP contribution in [-0.2, 0) is 4.74 Å². The topological polar surface area (TPSA) is 132 Å². The van der Waals surface area contributed by atoms with Gasteiger partial charge < -0.3 is 34.9 Å². The van der Waals surface area contributed by atoms with Gasteiger partial charge in [0.2, 0.25) is 0 Å². The van der Waals surface area contributed by atoms with E-state index in [9.17, 15) is 20.1 Å². The first-order valence-corrected chi connectivity index (χ1v) is 6.12. The summed E-state index contributed by atoms with van der Waals surface area (Å²) < 4.78 is 10.0. The minimum Gasteiger partial charge on any atom is -0.456 e. The predicted octanol–water partition coefficient (Wildman–Crippen LogP) is -1.88. The van der Waals surface area contributed by atoms with E-state index in [0.29, 0.717) is 5.76 Å². The normalized spacial score (nSPS) is 34.0. The number of nitrogens with one attached hydrogen (secondary N) is 1. The van der Waals surface area contributed by atoms with Crippen LogP contribution >= 0.6 is 0 Å². The first-order chi connectivity index (χ1) is 9.43. The molecular formula is C12H17NO7. The fraction of sp³-hybridized carbons (Fsp3) is 0.583. The number of amides is 1. The number of aryl methyl sites for hydroxylation is 1. The maximum absolute atomic E-state index is 11.9. The number of hydrogen-bond donors (Lipinski definition) is 5. The Morgan fingerprint density at radius 1 is 1.30 bits per heavy atom. The lowest BCUT2D eigenvalue weighted by Crippen LogP contribution is -2.64. The fourth-order valence-electron chi connectivity index (χ4n) is 2.03. The molecule has 5 N–H and O–H groups in total. The quantitative estimate of drug-likeness (QED) is 0.439. The van der Waals surface area contributed by atoms with Crippen LogP contribution in [0.4, 0.5) is 0 Å². The molecule has 1 aliphatic heterocycles. The molecule has 0 radical (unpaired) electrons. The van der Waals surface area contributed by atoms with Crippen molar-refractivity contribution in [1.82, 2.24) is 5.32 Å². The van der Waals surface area contributed by atoms with Crippen molar-refractivity contribution >= 4 is 5.91 Å². The second kappa shape index (κ2) is 5.90. The zero-order valence-corrected chi connectivity index (χ0v) is 10.8. The van der Waals surface area contributed by atoms with Gasteiger partial charge in [0.25, 0.3) is 5.91 Å². The van der Waals surface area contributed by atoms with Crippen LogP contribution in [0.3, 0.4) is 0 Å². The van der Waals surface area contributed by atoms with Crippen molar-refractivity contribution in [3.05, 3.63) is 23.7 Å². The zero-order valence-electron chi connectivity index (χ0n) is 10.8. The number of hydrogen-bond acceptors (Lipinski definition) is 7. The van der Waals surface area contributed by atoms with Gasteiger partial charge in [-0.15, -0.1) is 0 Å². The third-order valence-electron chi connectivity index (χ3n) is 3.16. The highest BCUT2D eigenvalue weighted by atomic mass is 16.6. The van der Waals surface area contributed by atoms with E-state index in [-0.39, 0.29) is 5.76 Å². The van der Waals surface area contributed by atoms with E-state index < -0.39 is 43.2 Å². The Balaban J connectivity index is 2.06. The largest absolute Gasteiger partial charge is 0.456 e. The summed E-state index contributed by atoms with van der Waals surface area (Å²) in [6.07, 6.45) is -5.56. The van der Waals surface area contributed by atoms with E-state index in [1.54, 1.807) is 13.0 Å². The van der Waals surface area contributed by atoms with E-state index in [4.69, 9.17) is 14.3 Å². The summed E-state index contributed by atoms with van der Waals surface area (Å²) in [6.45, 7) is 1.10. The van der Waals surface area contributed by atoms with Gasteiger partial charge in [0, 0.05) is 0 Å². The lowest BCUT2D eigenvalue weighted by atomic mass is 9.97. The molecule has 1 aliphatic rings. The average Bonchev–Trinajstić information content (AvgIpc) is 2.85. The highest BCUT2D eigenvalue weighted by molar-refractivity contribution is 5.91. The Bertz CT molecular complexity index is 474. The Kier molecular flexibility index (Phi) is 4.41. The smallest absolute Gasteiger partial charge is 0.287 e. The second-order valence-corrected chi connectivity index (χ2v) is 4.64. The number of carbonyl (C=O) groups excluding carboxylic acids is 1. The van der Waals surface area contributed by atoms with Crippen LogP contribution in [0.15, 0.2) is 16.5 Å². The molecule has 0 aliphatic carbocycles. The zero-order chi connectivity index (χ0) is 14.9. The molecule has 1 saturated heterocycles. The molecule has 2 rings (SSSR count). The van der Waals surface area contributed by atoms with E-state index in [1.165, 1.54) is 6.07 Å². The molecule has 20 heavy (non-hydrogen) atoms. The molecule has 1 amide bonds. The molecule has 0 bridgehead atoms. The molecular weight excluding hydrogens is 270 g/mol. The van der Waals surface area contributed by atoms with Crippen LogP contribution in [0.5, 0.6) is 0 Å². The number of rotatable bonds is 3. The standard InChI is InChI=1S/C12H17NO7/c1-5-2-3-6(19-5)11(17)13-8-10(16)9(15)7(4-14)20-12(8)18/h2-3,7-10,12,14-16,18H,4H2,1H3,(H,13,17)/t7-,8-,9+,10-,12?/m1/s1. The van der Waals surface area contributed by atoms with Gasteiger partial charge in [-0.05, 0) is 19.1 Å². The van der Waals surface area contributed by atoms with Gasteiger partial charge in [-0.25, -0.2) is 0 Å². The Morgan fingerprint density at radius 3 is 2.55 bits per heavy atom. The summed E-state index contributed by atoms with van der Waals surface area (Å²) in [5.41, 5.74) is 0. The number of aliphatic hydroxyl groups is 4. The Hall–Kier alpha value is -1.45. The summed E-state index contributed by atoms with van der Waals surface area (Å²) in [5.74, 6) is -0.100. The van der Waals surface area contributed by atoms with Crippen molar-refractivity contribution < 1.29 is 34.4 Å². The number of furan rings is 1. The van der Waals surface area contributed by atoms with Gasteiger partial charge in [-0.3, -0.25) is 4.79 Å². The SMILES string of the molecule is Cc1ccc(C(=O)N[C@H]2C(O)O[C@H](CO)[C@H](O)[C@@H]2O)o1. The fourth-order valence-corrected chi connectivity index (χ4v) is 2.03. The van der Waals surface area contributed by atoms with E-state index in [1.807, 2.05) is 0 Å². The molecule has 0 aromatic carbocycles. The lowest BCUT2D eigenvalue weighted by Gasteiger charge is -2.40. The molecule has 1 aromatic rings. The maximum Gasteiger partial charge on any atom is 0.287 e.